The average molecular weight is 243 g/mol. The summed E-state index contributed by atoms with van der Waals surface area (Å²) in [6.45, 7) is 1.76. The summed E-state index contributed by atoms with van der Waals surface area (Å²) in [6, 6.07) is 0. The van der Waals surface area contributed by atoms with Crippen molar-refractivity contribution in [2.45, 2.75) is 6.92 Å². The van der Waals surface area contributed by atoms with E-state index in [0.717, 1.165) is 0 Å². The number of carbonyl (C=O) groups is 1. The van der Waals surface area contributed by atoms with Crippen molar-refractivity contribution >= 4 is 17.2 Å². The molecule has 0 aliphatic rings. The largest absolute Gasteiger partial charge is 0.506 e. The summed E-state index contributed by atoms with van der Waals surface area (Å²) in [7, 11) is 0. The lowest BCUT2D eigenvalue weighted by atomic mass is 10.2. The van der Waals surface area contributed by atoms with Gasteiger partial charge in [-0.2, -0.15) is 5.10 Å². The van der Waals surface area contributed by atoms with Crippen LogP contribution in [0.5, 0.6) is 5.75 Å². The van der Waals surface area contributed by atoms with Gasteiger partial charge in [-0.25, -0.2) is 14.6 Å². The Kier molecular flexibility index (Phi) is 2.12. The Morgan fingerprint density at radius 1 is 1.44 bits per heavy atom. The molecule has 3 heterocycles. The molecule has 2 N–H and O–H groups in total. The van der Waals surface area contributed by atoms with E-state index in [9.17, 15) is 9.90 Å². The standard InChI is InChI=1S/C11H9N5O2/c1-6-14-5-16(15-6)11-10-9(8(18)3-13-11)7(4-17)2-12-10/h2-5,12,18H,1H3. The molecule has 3 aromatic rings. The van der Waals surface area contributed by atoms with Crippen LogP contribution in [0.25, 0.3) is 16.7 Å². The molecule has 0 amide bonds. The van der Waals surface area contributed by atoms with E-state index in [0.29, 0.717) is 34.4 Å². The first-order valence-electron chi connectivity index (χ1n) is 5.23. The number of nitrogens with zero attached hydrogens (tertiary/aromatic N) is 4. The molecule has 90 valence electrons. The number of aromatic hydroxyl groups is 1. The molecule has 7 nitrogen and oxygen atoms in total. The highest BCUT2D eigenvalue weighted by atomic mass is 16.3. The lowest BCUT2D eigenvalue weighted by Crippen LogP contribution is -1.99. The van der Waals surface area contributed by atoms with Gasteiger partial charge in [-0.3, -0.25) is 4.79 Å². The predicted octanol–water partition coefficient (Wildman–Crippen LogP) is 0.970. The van der Waals surface area contributed by atoms with Gasteiger partial charge in [-0.15, -0.1) is 0 Å². The highest BCUT2D eigenvalue weighted by Crippen LogP contribution is 2.29. The minimum absolute atomic E-state index is 0.0473. The van der Waals surface area contributed by atoms with Crippen LogP contribution in [0.1, 0.15) is 16.2 Å². The number of hydrogen-bond donors (Lipinski definition) is 2. The number of pyridine rings is 1. The molecule has 0 fully saturated rings. The summed E-state index contributed by atoms with van der Waals surface area (Å²) in [6.07, 6.45) is 5.01. The molecule has 0 atom stereocenters. The zero-order valence-corrected chi connectivity index (χ0v) is 9.45. The van der Waals surface area contributed by atoms with Gasteiger partial charge in [0.05, 0.1) is 17.1 Å². The number of nitrogens with one attached hydrogen (secondary N) is 1. The van der Waals surface area contributed by atoms with Crippen LogP contribution < -0.4 is 0 Å². The summed E-state index contributed by atoms with van der Waals surface area (Å²) in [5.74, 6) is 1.05. The van der Waals surface area contributed by atoms with E-state index >= 15 is 0 Å². The van der Waals surface area contributed by atoms with Crippen LogP contribution in [0.15, 0.2) is 18.7 Å². The van der Waals surface area contributed by atoms with E-state index in [-0.39, 0.29) is 5.75 Å². The van der Waals surface area contributed by atoms with Gasteiger partial charge in [0.2, 0.25) is 0 Å². The SMILES string of the molecule is Cc1ncn(-c2ncc(O)c3c(C=O)c[nH]c23)n1. The van der Waals surface area contributed by atoms with Crippen molar-refractivity contribution in [3.05, 3.63) is 30.1 Å². The van der Waals surface area contributed by atoms with E-state index in [4.69, 9.17) is 0 Å². The van der Waals surface area contributed by atoms with Crippen LogP contribution in [0.4, 0.5) is 0 Å². The summed E-state index contributed by atoms with van der Waals surface area (Å²) in [5, 5.41) is 14.3. The molecular formula is C11H9N5O2. The number of aldehydes is 1. The van der Waals surface area contributed by atoms with Crippen LogP contribution in [-0.2, 0) is 0 Å². The Hall–Kier alpha value is -2.70. The number of rotatable bonds is 2. The van der Waals surface area contributed by atoms with Crippen molar-refractivity contribution in [2.24, 2.45) is 0 Å². The van der Waals surface area contributed by atoms with Crippen molar-refractivity contribution < 1.29 is 9.90 Å². The topological polar surface area (TPSA) is 96.7 Å². The minimum atomic E-state index is -0.0473. The fourth-order valence-corrected chi connectivity index (χ4v) is 1.86. The molecule has 0 saturated carbocycles. The molecular weight excluding hydrogens is 234 g/mol. The van der Waals surface area contributed by atoms with Crippen molar-refractivity contribution in [3.8, 4) is 11.6 Å². The summed E-state index contributed by atoms with van der Waals surface area (Å²) in [4.78, 5) is 21.9. The van der Waals surface area contributed by atoms with Crippen molar-refractivity contribution in [3.63, 3.8) is 0 Å². The normalized spacial score (nSPS) is 10.9. The third kappa shape index (κ3) is 1.37. The molecule has 0 radical (unpaired) electrons. The number of fused-ring (bicyclic) bond motifs is 1. The first kappa shape index (κ1) is 10.5. The summed E-state index contributed by atoms with van der Waals surface area (Å²) >= 11 is 0. The first-order chi connectivity index (χ1) is 8.70. The van der Waals surface area contributed by atoms with Crippen molar-refractivity contribution in [2.75, 3.05) is 0 Å². The Morgan fingerprint density at radius 2 is 2.28 bits per heavy atom. The predicted molar refractivity (Wildman–Crippen MR) is 62.8 cm³/mol. The number of carbonyl (C=O) groups excluding carboxylic acids is 1. The van der Waals surface area contributed by atoms with E-state index in [1.54, 1.807) is 6.92 Å². The van der Waals surface area contributed by atoms with Crippen LogP contribution in [0.2, 0.25) is 0 Å². The third-order valence-electron chi connectivity index (χ3n) is 2.65. The highest BCUT2D eigenvalue weighted by Gasteiger charge is 2.14. The summed E-state index contributed by atoms with van der Waals surface area (Å²) in [5.41, 5.74) is 0.921. The first-order valence-corrected chi connectivity index (χ1v) is 5.23. The lowest BCUT2D eigenvalue weighted by Gasteiger charge is -2.03. The maximum Gasteiger partial charge on any atom is 0.179 e. The zero-order valence-electron chi connectivity index (χ0n) is 9.45. The second-order valence-corrected chi connectivity index (χ2v) is 3.82. The van der Waals surface area contributed by atoms with Crippen LogP contribution in [0, 0.1) is 6.92 Å². The number of hydrogen-bond acceptors (Lipinski definition) is 5. The Morgan fingerprint density at radius 3 is 2.94 bits per heavy atom. The van der Waals surface area contributed by atoms with Gasteiger partial charge in [-0.05, 0) is 6.92 Å². The van der Waals surface area contributed by atoms with Crippen LogP contribution >= 0.6 is 0 Å². The van der Waals surface area contributed by atoms with Gasteiger partial charge in [-0.1, -0.05) is 0 Å². The molecule has 0 unspecified atom stereocenters. The van der Waals surface area contributed by atoms with E-state index in [2.05, 4.69) is 20.1 Å². The molecule has 3 rings (SSSR count). The van der Waals surface area contributed by atoms with Gasteiger partial charge < -0.3 is 10.1 Å². The molecule has 0 bridgehead atoms. The molecule has 0 aliphatic carbocycles. The van der Waals surface area contributed by atoms with Gasteiger partial charge in [0.1, 0.15) is 17.9 Å². The Bertz CT molecular complexity index is 743. The number of aromatic nitrogens is 5. The van der Waals surface area contributed by atoms with E-state index < -0.39 is 0 Å². The lowest BCUT2D eigenvalue weighted by molar-refractivity contribution is 0.112. The molecule has 0 aliphatic heterocycles. The maximum absolute atomic E-state index is 10.9. The van der Waals surface area contributed by atoms with E-state index in [1.165, 1.54) is 23.4 Å². The average Bonchev–Trinajstić information content (AvgIpc) is 2.96. The van der Waals surface area contributed by atoms with Crippen molar-refractivity contribution in [1.82, 2.24) is 24.7 Å². The smallest absolute Gasteiger partial charge is 0.179 e. The van der Waals surface area contributed by atoms with E-state index in [1.807, 2.05) is 0 Å². The highest BCUT2D eigenvalue weighted by molar-refractivity contribution is 6.02. The molecule has 3 aromatic heterocycles. The van der Waals surface area contributed by atoms with Gasteiger partial charge in [0.25, 0.3) is 0 Å². The van der Waals surface area contributed by atoms with Crippen molar-refractivity contribution in [1.29, 1.82) is 0 Å². The Labute approximate surface area is 101 Å². The van der Waals surface area contributed by atoms with Gasteiger partial charge >= 0.3 is 0 Å². The molecule has 0 aromatic carbocycles. The number of aryl methyl sites for hydroxylation is 1. The zero-order chi connectivity index (χ0) is 12.7. The fraction of sp³-hybridized carbons (Fsp3) is 0.0909. The van der Waals surface area contributed by atoms with Gasteiger partial charge in [0.15, 0.2) is 12.1 Å². The van der Waals surface area contributed by atoms with Crippen LogP contribution in [0.3, 0.4) is 0 Å². The number of H-pyrrole nitrogens is 1. The fourth-order valence-electron chi connectivity index (χ4n) is 1.86. The quantitative estimate of drug-likeness (QED) is 0.654. The monoisotopic (exact) mass is 243 g/mol. The second kappa shape index (κ2) is 3.66. The maximum atomic E-state index is 10.9. The second-order valence-electron chi connectivity index (χ2n) is 3.82. The third-order valence-corrected chi connectivity index (χ3v) is 2.65. The molecule has 0 spiro atoms. The Balaban J connectivity index is 2.35. The van der Waals surface area contributed by atoms with Crippen LogP contribution in [-0.4, -0.2) is 36.1 Å². The minimum Gasteiger partial charge on any atom is -0.506 e. The molecule has 0 saturated heterocycles. The van der Waals surface area contributed by atoms with Gasteiger partial charge in [0, 0.05) is 11.8 Å². The summed E-state index contributed by atoms with van der Waals surface area (Å²) < 4.78 is 1.49. The molecule has 18 heavy (non-hydrogen) atoms. The molecule has 7 heteroatoms. The number of aromatic amines is 1.